The van der Waals surface area contributed by atoms with Crippen LogP contribution in [0.1, 0.15) is 20.7 Å². The molecule has 0 saturated heterocycles. The molecule has 0 fully saturated rings. The first kappa shape index (κ1) is 28.8. The van der Waals surface area contributed by atoms with Gasteiger partial charge in [-0.05, 0) is 60.7 Å². The van der Waals surface area contributed by atoms with Crippen LogP contribution in [0.15, 0.2) is 108 Å². The minimum Gasteiger partial charge on any atom is -0.493 e. The van der Waals surface area contributed by atoms with E-state index >= 15 is 0 Å². The van der Waals surface area contributed by atoms with Crippen molar-refractivity contribution in [3.05, 3.63) is 119 Å². The van der Waals surface area contributed by atoms with Gasteiger partial charge in [0.1, 0.15) is 12.6 Å². The summed E-state index contributed by atoms with van der Waals surface area (Å²) in [6.45, 7) is 0. The summed E-state index contributed by atoms with van der Waals surface area (Å²) < 4.78 is 20.8. The van der Waals surface area contributed by atoms with E-state index < -0.39 is 0 Å². The van der Waals surface area contributed by atoms with Gasteiger partial charge in [-0.2, -0.15) is 0 Å². The number of carbonyl (C=O) groups excluding carboxylic acids is 2. The molecule has 2 aromatic rings. The summed E-state index contributed by atoms with van der Waals surface area (Å²) in [7, 11) is 2.98. The van der Waals surface area contributed by atoms with Crippen LogP contribution in [-0.4, -0.2) is 37.0 Å². The molecule has 0 saturated carbocycles. The Morgan fingerprint density at radius 2 is 0.973 bits per heavy atom. The molecule has 37 heavy (non-hydrogen) atoms. The molecule has 2 N–H and O–H groups in total. The number of aliphatic hydroxyl groups is 2. The molecular formula is C28H24FeO8. The van der Waals surface area contributed by atoms with E-state index in [9.17, 15) is 19.8 Å². The van der Waals surface area contributed by atoms with Crippen LogP contribution in [-0.2, 0) is 17.1 Å². The summed E-state index contributed by atoms with van der Waals surface area (Å²) in [4.78, 5) is 21.4. The fraction of sp³-hybridized carbons (Fsp3) is 0.0714. The molecule has 8 nitrogen and oxygen atoms in total. The van der Waals surface area contributed by atoms with Crippen LogP contribution in [0.4, 0.5) is 0 Å². The van der Waals surface area contributed by atoms with Crippen molar-refractivity contribution in [1.82, 2.24) is 0 Å². The first-order valence-electron chi connectivity index (χ1n) is 10.7. The normalized spacial score (nSPS) is 12.3. The molecule has 0 heterocycles. The predicted molar refractivity (Wildman–Crippen MR) is 134 cm³/mol. The minimum absolute atomic E-state index is 0. The summed E-state index contributed by atoms with van der Waals surface area (Å²) in [5.74, 6) is 1.00. The van der Waals surface area contributed by atoms with Crippen molar-refractivity contribution >= 4 is 12.6 Å². The molecule has 0 spiro atoms. The number of aliphatic hydroxyl groups excluding tert-OH is 2. The second-order valence-electron chi connectivity index (χ2n) is 7.22. The monoisotopic (exact) mass is 544 g/mol. The first-order valence-corrected chi connectivity index (χ1v) is 10.7. The third kappa shape index (κ3) is 7.76. The van der Waals surface area contributed by atoms with Crippen molar-refractivity contribution in [2.45, 2.75) is 0 Å². The van der Waals surface area contributed by atoms with Crippen molar-refractivity contribution in [2.24, 2.45) is 0 Å². The number of aldehydes is 2. The van der Waals surface area contributed by atoms with Gasteiger partial charge in [-0.1, -0.05) is 24.3 Å². The number of ether oxygens (including phenoxy) is 4. The van der Waals surface area contributed by atoms with Gasteiger partial charge < -0.3 is 29.2 Å². The van der Waals surface area contributed by atoms with Crippen molar-refractivity contribution in [3.8, 4) is 23.0 Å². The zero-order valence-electron chi connectivity index (χ0n) is 19.9. The van der Waals surface area contributed by atoms with Crippen molar-refractivity contribution in [2.75, 3.05) is 14.2 Å². The topological polar surface area (TPSA) is 112 Å². The van der Waals surface area contributed by atoms with Crippen molar-refractivity contribution in [3.63, 3.8) is 0 Å². The van der Waals surface area contributed by atoms with Crippen LogP contribution in [0.25, 0.3) is 0 Å². The van der Waals surface area contributed by atoms with Crippen molar-refractivity contribution < 1.29 is 55.8 Å². The first-order chi connectivity index (χ1) is 17.5. The van der Waals surface area contributed by atoms with Gasteiger partial charge >= 0.3 is 0 Å². The molecule has 4 rings (SSSR count). The second-order valence-corrected chi connectivity index (χ2v) is 7.22. The number of carbonyl (C=O) groups is 2. The van der Waals surface area contributed by atoms with Gasteiger partial charge in [0.25, 0.3) is 11.9 Å². The molecule has 0 radical (unpaired) electrons. The summed E-state index contributed by atoms with van der Waals surface area (Å²) in [6, 6.07) is 9.45. The smallest absolute Gasteiger partial charge is 0.289 e. The van der Waals surface area contributed by atoms with Gasteiger partial charge in [-0.3, -0.25) is 9.59 Å². The Labute approximate surface area is 224 Å². The average Bonchev–Trinajstić information content (AvgIpc) is 3.64. The summed E-state index contributed by atoms with van der Waals surface area (Å²) in [5.41, 5.74) is 2.02. The molecule has 0 unspecified atom stereocenters. The van der Waals surface area contributed by atoms with E-state index in [4.69, 9.17) is 18.9 Å². The number of benzene rings is 2. The second kappa shape index (κ2) is 14.2. The van der Waals surface area contributed by atoms with E-state index in [2.05, 4.69) is 0 Å². The predicted octanol–water partition coefficient (Wildman–Crippen LogP) is 5.56. The molecular weight excluding hydrogens is 520 g/mol. The zero-order chi connectivity index (χ0) is 25.9. The minimum atomic E-state index is -0.235. The quantitative estimate of drug-likeness (QED) is 0.253. The van der Waals surface area contributed by atoms with Gasteiger partial charge in [0, 0.05) is 28.2 Å². The molecule has 9 heteroatoms. The van der Waals surface area contributed by atoms with E-state index in [1.807, 2.05) is 0 Å². The Morgan fingerprint density at radius 3 is 1.27 bits per heavy atom. The molecule has 0 aliphatic heterocycles. The Balaban J connectivity index is 0.000000253. The maximum absolute atomic E-state index is 10.7. The SMILES string of the molecule is COc1ccc(C=O)cc1OC(O)=C1C=CC=C1.COc1ccc(C=O)cc1OC(O)=C1C=CC=C1.[Fe]. The summed E-state index contributed by atoms with van der Waals surface area (Å²) in [6.07, 6.45) is 15.4. The summed E-state index contributed by atoms with van der Waals surface area (Å²) in [5, 5.41) is 19.6. The molecule has 0 bridgehead atoms. The van der Waals surface area contributed by atoms with Gasteiger partial charge in [-0.15, -0.1) is 0 Å². The fourth-order valence-corrected chi connectivity index (χ4v) is 3.05. The number of allylic oxidation sites excluding steroid dienone is 10. The van der Waals surface area contributed by atoms with Gasteiger partial charge in [0.15, 0.2) is 23.0 Å². The van der Waals surface area contributed by atoms with Crippen molar-refractivity contribution in [1.29, 1.82) is 0 Å². The zero-order valence-corrected chi connectivity index (χ0v) is 21.0. The van der Waals surface area contributed by atoms with Crippen LogP contribution in [0, 0.1) is 0 Å². The van der Waals surface area contributed by atoms with E-state index in [1.165, 1.54) is 26.4 Å². The molecule has 2 aliphatic rings. The van der Waals surface area contributed by atoms with E-state index in [0.29, 0.717) is 57.8 Å². The standard InChI is InChI=1S/2C14H12O4.Fe/c2*1-17-12-7-6-10(9-15)8-13(12)18-14(16)11-4-2-3-5-11;/h2*2-9,16H,1H3;. The van der Waals surface area contributed by atoms with E-state index in [1.54, 1.807) is 72.9 Å². The third-order valence-electron chi connectivity index (χ3n) is 4.88. The Morgan fingerprint density at radius 1 is 0.622 bits per heavy atom. The van der Waals surface area contributed by atoms with Crippen LogP contribution in [0.5, 0.6) is 23.0 Å². The maximum atomic E-state index is 10.7. The van der Waals surface area contributed by atoms with Crippen LogP contribution >= 0.6 is 0 Å². The van der Waals surface area contributed by atoms with E-state index in [-0.39, 0.29) is 29.0 Å². The number of rotatable bonds is 8. The third-order valence-corrected chi connectivity index (χ3v) is 4.88. The Hall–Kier alpha value is -4.46. The molecule has 0 aromatic heterocycles. The Bertz CT molecular complexity index is 1190. The largest absolute Gasteiger partial charge is 0.493 e. The molecule has 2 aromatic carbocycles. The van der Waals surface area contributed by atoms with E-state index in [0.717, 1.165) is 0 Å². The Kier molecular flexibility index (Phi) is 11.0. The average molecular weight is 544 g/mol. The molecule has 192 valence electrons. The van der Waals surface area contributed by atoms with Gasteiger partial charge in [0.05, 0.1) is 25.4 Å². The molecule has 0 atom stereocenters. The number of methoxy groups -OCH3 is 2. The summed E-state index contributed by atoms with van der Waals surface area (Å²) >= 11 is 0. The fourth-order valence-electron chi connectivity index (χ4n) is 3.05. The number of hydrogen-bond donors (Lipinski definition) is 2. The van der Waals surface area contributed by atoms with Gasteiger partial charge in [0.2, 0.25) is 0 Å². The van der Waals surface area contributed by atoms with Gasteiger partial charge in [-0.25, -0.2) is 0 Å². The van der Waals surface area contributed by atoms with Crippen LogP contribution in [0.2, 0.25) is 0 Å². The van der Waals surface area contributed by atoms with Crippen LogP contribution in [0.3, 0.4) is 0 Å². The molecule has 0 amide bonds. The number of hydrogen-bond acceptors (Lipinski definition) is 8. The van der Waals surface area contributed by atoms with Crippen LogP contribution < -0.4 is 18.9 Å². The maximum Gasteiger partial charge on any atom is 0.289 e. The molecule has 2 aliphatic carbocycles.